The quantitative estimate of drug-likeness (QED) is 0.776. The second-order valence-corrected chi connectivity index (χ2v) is 7.95. The van der Waals surface area contributed by atoms with Gasteiger partial charge in [-0.3, -0.25) is 4.79 Å². The lowest BCUT2D eigenvalue weighted by atomic mass is 10.2. The number of sulfone groups is 1. The molecule has 1 heterocycles. The highest BCUT2D eigenvalue weighted by Crippen LogP contribution is 2.38. The number of nitrogens with one attached hydrogen (secondary N) is 1. The van der Waals surface area contributed by atoms with Crippen LogP contribution in [0.25, 0.3) is 0 Å². The zero-order valence-corrected chi connectivity index (χ0v) is 11.9. The van der Waals surface area contributed by atoms with Crippen LogP contribution in [0, 0.1) is 11.8 Å². The van der Waals surface area contributed by atoms with E-state index in [9.17, 15) is 13.2 Å². The number of carbonyl (C=O) groups excluding carboxylic acids is 1. The Hall–Kier alpha value is -0.620. The summed E-state index contributed by atoms with van der Waals surface area (Å²) in [7, 11) is -1.15. The molecule has 1 saturated carbocycles. The minimum absolute atomic E-state index is 0.0451. The van der Waals surface area contributed by atoms with E-state index in [4.69, 9.17) is 0 Å². The second-order valence-electron chi connectivity index (χ2n) is 5.72. The molecule has 1 amide bonds. The van der Waals surface area contributed by atoms with E-state index in [-0.39, 0.29) is 29.9 Å². The molecular weight excluding hydrogens is 252 g/mol. The first kappa shape index (κ1) is 13.8. The Kier molecular flexibility index (Phi) is 3.96. The fraction of sp³-hybridized carbons (Fsp3) is 0.917. The molecule has 3 atom stereocenters. The van der Waals surface area contributed by atoms with Gasteiger partial charge in [-0.25, -0.2) is 8.42 Å². The molecular formula is C12H22N2O3S. The van der Waals surface area contributed by atoms with Crippen LogP contribution in [0.4, 0.5) is 0 Å². The molecule has 0 bridgehead atoms. The fourth-order valence-corrected chi connectivity index (χ4v) is 3.92. The third-order valence-electron chi connectivity index (χ3n) is 3.93. The Balaban J connectivity index is 1.79. The maximum atomic E-state index is 12.0. The molecule has 2 aliphatic rings. The maximum Gasteiger partial charge on any atom is 0.223 e. The molecule has 2 fully saturated rings. The largest absolute Gasteiger partial charge is 0.345 e. The number of hydrogen-bond donors (Lipinski definition) is 1. The molecule has 18 heavy (non-hydrogen) atoms. The predicted octanol–water partition coefficient (Wildman–Crippen LogP) is -0.122. The highest BCUT2D eigenvalue weighted by molar-refractivity contribution is 7.91. The number of carbonyl (C=O) groups is 1. The minimum Gasteiger partial charge on any atom is -0.345 e. The van der Waals surface area contributed by atoms with E-state index in [1.807, 2.05) is 7.05 Å². The number of amides is 1. The summed E-state index contributed by atoms with van der Waals surface area (Å²) >= 11 is 0. The minimum atomic E-state index is -2.96. The number of nitrogens with zero attached hydrogens (tertiary/aromatic N) is 1. The van der Waals surface area contributed by atoms with Crippen LogP contribution in [0.1, 0.15) is 19.8 Å². The summed E-state index contributed by atoms with van der Waals surface area (Å²) < 4.78 is 23.0. The lowest BCUT2D eigenvalue weighted by molar-refractivity contribution is -0.130. The van der Waals surface area contributed by atoms with Gasteiger partial charge in [0.1, 0.15) is 0 Å². The lowest BCUT2D eigenvalue weighted by Gasteiger charge is -2.25. The molecule has 0 aromatic carbocycles. The van der Waals surface area contributed by atoms with E-state index in [0.29, 0.717) is 12.5 Å². The monoisotopic (exact) mass is 274 g/mol. The van der Waals surface area contributed by atoms with Gasteiger partial charge in [0.2, 0.25) is 5.91 Å². The van der Waals surface area contributed by atoms with Gasteiger partial charge in [0.15, 0.2) is 9.84 Å². The van der Waals surface area contributed by atoms with Crippen molar-refractivity contribution in [2.24, 2.45) is 11.8 Å². The molecule has 1 N–H and O–H groups in total. The lowest BCUT2D eigenvalue weighted by Crippen LogP contribution is -2.47. The van der Waals surface area contributed by atoms with Crippen molar-refractivity contribution in [2.45, 2.75) is 25.8 Å². The van der Waals surface area contributed by atoms with Gasteiger partial charge in [-0.2, -0.15) is 0 Å². The summed E-state index contributed by atoms with van der Waals surface area (Å²) in [5.41, 5.74) is 0. The van der Waals surface area contributed by atoms with Crippen LogP contribution >= 0.6 is 0 Å². The number of rotatable bonds is 4. The van der Waals surface area contributed by atoms with Crippen molar-refractivity contribution < 1.29 is 13.2 Å². The van der Waals surface area contributed by atoms with Crippen molar-refractivity contribution in [1.29, 1.82) is 0 Å². The summed E-state index contributed by atoms with van der Waals surface area (Å²) in [6.45, 7) is 3.46. The van der Waals surface area contributed by atoms with Crippen molar-refractivity contribution in [1.82, 2.24) is 10.2 Å². The Morgan fingerprint density at radius 2 is 2.11 bits per heavy atom. The van der Waals surface area contributed by atoms with E-state index in [1.165, 1.54) is 6.42 Å². The van der Waals surface area contributed by atoms with Crippen LogP contribution in [0.3, 0.4) is 0 Å². The zero-order valence-electron chi connectivity index (χ0n) is 11.1. The molecule has 1 aliphatic heterocycles. The number of hydrogen-bond acceptors (Lipinski definition) is 4. The molecule has 1 aliphatic carbocycles. The van der Waals surface area contributed by atoms with Gasteiger partial charge in [0.25, 0.3) is 0 Å². The first-order chi connectivity index (χ1) is 8.37. The van der Waals surface area contributed by atoms with Crippen molar-refractivity contribution >= 4 is 15.7 Å². The van der Waals surface area contributed by atoms with E-state index in [2.05, 4.69) is 12.2 Å². The third-order valence-corrected chi connectivity index (χ3v) is 5.67. The normalized spacial score (nSPS) is 34.0. The smallest absolute Gasteiger partial charge is 0.223 e. The molecule has 2 rings (SSSR count). The molecule has 5 nitrogen and oxygen atoms in total. The summed E-state index contributed by atoms with van der Waals surface area (Å²) in [6, 6.07) is -0.213. The van der Waals surface area contributed by atoms with Gasteiger partial charge < -0.3 is 10.2 Å². The van der Waals surface area contributed by atoms with Gasteiger partial charge in [0, 0.05) is 32.6 Å². The Bertz CT molecular complexity index is 421. The van der Waals surface area contributed by atoms with Crippen molar-refractivity contribution in [2.75, 3.05) is 31.6 Å². The van der Waals surface area contributed by atoms with Crippen LogP contribution in [-0.4, -0.2) is 56.9 Å². The standard InChI is InChI=1S/C12H22N2O3S/c1-9-5-10(9)7-14(2)12(15)6-11-8-18(16,17)4-3-13-11/h9-11,13H,3-8H2,1-2H3. The molecule has 0 radical (unpaired) electrons. The van der Waals surface area contributed by atoms with E-state index < -0.39 is 9.84 Å². The molecule has 3 unspecified atom stereocenters. The van der Waals surface area contributed by atoms with Gasteiger partial charge in [-0.05, 0) is 18.3 Å². The molecule has 104 valence electrons. The third kappa shape index (κ3) is 3.68. The van der Waals surface area contributed by atoms with Crippen LogP contribution in [0.15, 0.2) is 0 Å². The van der Waals surface area contributed by atoms with E-state index >= 15 is 0 Å². The van der Waals surface area contributed by atoms with Crippen molar-refractivity contribution in [3.8, 4) is 0 Å². The summed E-state index contributed by atoms with van der Waals surface area (Å²) in [5.74, 6) is 1.69. The van der Waals surface area contributed by atoms with Gasteiger partial charge >= 0.3 is 0 Å². The fourth-order valence-electron chi connectivity index (χ4n) is 2.47. The van der Waals surface area contributed by atoms with E-state index in [0.717, 1.165) is 12.5 Å². The van der Waals surface area contributed by atoms with Crippen LogP contribution in [0.2, 0.25) is 0 Å². The highest BCUT2D eigenvalue weighted by atomic mass is 32.2. The molecule has 0 aromatic heterocycles. The molecule has 0 aromatic rings. The first-order valence-corrected chi connectivity index (χ1v) is 8.37. The SMILES string of the molecule is CC1CC1CN(C)C(=O)CC1CS(=O)(=O)CCN1. The zero-order chi connectivity index (χ0) is 13.3. The van der Waals surface area contributed by atoms with Crippen LogP contribution < -0.4 is 5.32 Å². The molecule has 1 saturated heterocycles. The Labute approximate surface area is 109 Å². The van der Waals surface area contributed by atoms with Gasteiger partial charge in [-0.1, -0.05) is 6.92 Å². The van der Waals surface area contributed by atoms with E-state index in [1.54, 1.807) is 4.90 Å². The first-order valence-electron chi connectivity index (χ1n) is 6.55. The van der Waals surface area contributed by atoms with Crippen molar-refractivity contribution in [3.63, 3.8) is 0 Å². The summed E-state index contributed by atoms with van der Waals surface area (Å²) in [4.78, 5) is 13.7. The summed E-state index contributed by atoms with van der Waals surface area (Å²) in [6.07, 6.45) is 1.49. The van der Waals surface area contributed by atoms with Crippen LogP contribution in [-0.2, 0) is 14.6 Å². The highest BCUT2D eigenvalue weighted by Gasteiger charge is 2.34. The van der Waals surface area contributed by atoms with Crippen molar-refractivity contribution in [3.05, 3.63) is 0 Å². The maximum absolute atomic E-state index is 12.0. The Morgan fingerprint density at radius 3 is 2.67 bits per heavy atom. The average molecular weight is 274 g/mol. The van der Waals surface area contributed by atoms with Gasteiger partial charge in [0.05, 0.1) is 11.5 Å². The van der Waals surface area contributed by atoms with Gasteiger partial charge in [-0.15, -0.1) is 0 Å². The average Bonchev–Trinajstić information content (AvgIpc) is 2.92. The summed E-state index contributed by atoms with van der Waals surface area (Å²) in [5, 5.41) is 3.11. The topological polar surface area (TPSA) is 66.5 Å². The van der Waals surface area contributed by atoms with Crippen LogP contribution in [0.5, 0.6) is 0 Å². The Morgan fingerprint density at radius 1 is 1.44 bits per heavy atom. The predicted molar refractivity (Wildman–Crippen MR) is 70.0 cm³/mol. The molecule has 6 heteroatoms. The molecule has 0 spiro atoms. The second kappa shape index (κ2) is 5.17.